The molecule has 0 aliphatic carbocycles. The molecule has 2 rings (SSSR count). The van der Waals surface area contributed by atoms with Crippen molar-refractivity contribution in [2.24, 2.45) is 0 Å². The number of hydrogen-bond acceptors (Lipinski definition) is 3. The van der Waals surface area contributed by atoms with Crippen molar-refractivity contribution in [3.05, 3.63) is 48.2 Å². The van der Waals surface area contributed by atoms with Gasteiger partial charge >= 0.3 is 0 Å². The molecule has 1 aromatic rings. The van der Waals surface area contributed by atoms with Gasteiger partial charge < -0.3 is 14.2 Å². The molecule has 110 valence electrons. The van der Waals surface area contributed by atoms with E-state index in [9.17, 15) is 0 Å². The van der Waals surface area contributed by atoms with E-state index in [4.69, 9.17) is 14.2 Å². The molecule has 0 saturated heterocycles. The van der Waals surface area contributed by atoms with Crippen LogP contribution in [0.5, 0.6) is 0 Å². The summed E-state index contributed by atoms with van der Waals surface area (Å²) >= 11 is 0. The number of ether oxygens (including phenoxy) is 3. The molecule has 20 heavy (non-hydrogen) atoms. The molecule has 1 aliphatic rings. The largest absolute Gasteiger partial charge is 0.496 e. The standard InChI is InChI=1S/C17H24O3/c1-3-4-11-19-17-14(2)18-12-10-16(17)20-13-15-8-6-5-7-9-15/h5-10,12,14,16-17H,3-4,11,13H2,1-2H3. The highest BCUT2D eigenvalue weighted by molar-refractivity contribution is 5.13. The van der Waals surface area contributed by atoms with E-state index in [1.165, 1.54) is 5.56 Å². The lowest BCUT2D eigenvalue weighted by Gasteiger charge is -2.32. The Bertz CT molecular complexity index is 402. The van der Waals surface area contributed by atoms with E-state index in [0.717, 1.165) is 19.4 Å². The molecule has 0 fully saturated rings. The van der Waals surface area contributed by atoms with Crippen LogP contribution in [-0.4, -0.2) is 24.9 Å². The summed E-state index contributed by atoms with van der Waals surface area (Å²) in [5.74, 6) is 0. The minimum atomic E-state index is -0.0455. The molecule has 0 saturated carbocycles. The van der Waals surface area contributed by atoms with Crippen LogP contribution in [0.1, 0.15) is 32.3 Å². The van der Waals surface area contributed by atoms with Crippen LogP contribution < -0.4 is 0 Å². The van der Waals surface area contributed by atoms with E-state index in [1.54, 1.807) is 6.26 Å². The Kier molecular flexibility index (Phi) is 6.09. The van der Waals surface area contributed by atoms with Gasteiger partial charge in [-0.3, -0.25) is 0 Å². The predicted molar refractivity (Wildman–Crippen MR) is 79.4 cm³/mol. The SMILES string of the molecule is CCCCOC1C(C)OC=CC1OCc1ccccc1. The first-order valence-electron chi connectivity index (χ1n) is 7.40. The Hall–Kier alpha value is -1.32. The van der Waals surface area contributed by atoms with Crippen molar-refractivity contribution in [3.63, 3.8) is 0 Å². The van der Waals surface area contributed by atoms with Crippen molar-refractivity contribution in [2.45, 2.75) is 51.6 Å². The maximum atomic E-state index is 5.99. The summed E-state index contributed by atoms with van der Waals surface area (Å²) in [6, 6.07) is 10.2. The third-order valence-corrected chi connectivity index (χ3v) is 3.44. The summed E-state index contributed by atoms with van der Waals surface area (Å²) in [7, 11) is 0. The molecule has 3 heteroatoms. The van der Waals surface area contributed by atoms with Gasteiger partial charge in [-0.1, -0.05) is 43.7 Å². The summed E-state index contributed by atoms with van der Waals surface area (Å²) in [5.41, 5.74) is 1.17. The highest BCUT2D eigenvalue weighted by Gasteiger charge is 2.30. The minimum Gasteiger partial charge on any atom is -0.496 e. The highest BCUT2D eigenvalue weighted by atomic mass is 16.6. The first-order chi connectivity index (χ1) is 9.81. The Balaban J connectivity index is 1.89. The van der Waals surface area contributed by atoms with Gasteiger partial charge in [0.05, 0.1) is 12.9 Å². The molecule has 3 unspecified atom stereocenters. The molecule has 0 bridgehead atoms. The lowest BCUT2D eigenvalue weighted by Crippen LogP contribution is -2.42. The zero-order chi connectivity index (χ0) is 14.2. The number of unbranched alkanes of at least 4 members (excludes halogenated alkanes) is 1. The zero-order valence-electron chi connectivity index (χ0n) is 12.3. The van der Waals surface area contributed by atoms with E-state index < -0.39 is 0 Å². The van der Waals surface area contributed by atoms with Crippen molar-refractivity contribution < 1.29 is 14.2 Å². The summed E-state index contributed by atoms with van der Waals surface area (Å²) < 4.78 is 17.4. The van der Waals surface area contributed by atoms with E-state index >= 15 is 0 Å². The average molecular weight is 276 g/mol. The highest BCUT2D eigenvalue weighted by Crippen LogP contribution is 2.20. The summed E-state index contributed by atoms with van der Waals surface area (Å²) in [6.07, 6.45) is 5.81. The van der Waals surface area contributed by atoms with Gasteiger partial charge in [0.25, 0.3) is 0 Å². The fourth-order valence-electron chi connectivity index (χ4n) is 2.21. The molecule has 1 aromatic carbocycles. The van der Waals surface area contributed by atoms with Crippen LogP contribution in [0.2, 0.25) is 0 Å². The third-order valence-electron chi connectivity index (χ3n) is 3.44. The molecule has 0 amide bonds. The molecule has 3 nitrogen and oxygen atoms in total. The van der Waals surface area contributed by atoms with Gasteiger partial charge in [-0.25, -0.2) is 0 Å². The molecule has 1 aliphatic heterocycles. The Labute approximate surface area is 121 Å². The molecule has 0 aromatic heterocycles. The van der Waals surface area contributed by atoms with Crippen molar-refractivity contribution in [3.8, 4) is 0 Å². The quantitative estimate of drug-likeness (QED) is 0.711. The van der Waals surface area contributed by atoms with Crippen molar-refractivity contribution in [2.75, 3.05) is 6.61 Å². The molecular weight excluding hydrogens is 252 g/mol. The first-order valence-corrected chi connectivity index (χ1v) is 7.40. The maximum absolute atomic E-state index is 5.99. The van der Waals surface area contributed by atoms with E-state index in [1.807, 2.05) is 31.2 Å². The number of benzene rings is 1. The van der Waals surface area contributed by atoms with Crippen LogP contribution in [0.3, 0.4) is 0 Å². The Morgan fingerprint density at radius 1 is 1.15 bits per heavy atom. The van der Waals surface area contributed by atoms with Crippen molar-refractivity contribution in [1.82, 2.24) is 0 Å². The third kappa shape index (κ3) is 4.36. The van der Waals surface area contributed by atoms with Crippen LogP contribution in [-0.2, 0) is 20.8 Å². The molecule has 0 N–H and O–H groups in total. The van der Waals surface area contributed by atoms with Crippen LogP contribution >= 0.6 is 0 Å². The van der Waals surface area contributed by atoms with Gasteiger partial charge in [-0.2, -0.15) is 0 Å². The van der Waals surface area contributed by atoms with Gasteiger partial charge in [0.1, 0.15) is 18.3 Å². The number of rotatable bonds is 7. The first kappa shape index (κ1) is 15.1. The van der Waals surface area contributed by atoms with Gasteiger partial charge in [0.2, 0.25) is 0 Å². The molecule has 0 radical (unpaired) electrons. The summed E-state index contributed by atoms with van der Waals surface area (Å²) in [5, 5.41) is 0. The van der Waals surface area contributed by atoms with Crippen LogP contribution in [0.15, 0.2) is 42.7 Å². The van der Waals surface area contributed by atoms with Crippen molar-refractivity contribution in [1.29, 1.82) is 0 Å². The fourth-order valence-corrected chi connectivity index (χ4v) is 2.21. The average Bonchev–Trinajstić information content (AvgIpc) is 2.48. The zero-order valence-corrected chi connectivity index (χ0v) is 12.3. The Morgan fingerprint density at radius 2 is 1.95 bits per heavy atom. The van der Waals surface area contributed by atoms with E-state index in [2.05, 4.69) is 19.1 Å². The summed E-state index contributed by atoms with van der Waals surface area (Å²) in [4.78, 5) is 0. The fraction of sp³-hybridized carbons (Fsp3) is 0.529. The lowest BCUT2D eigenvalue weighted by atomic mass is 10.1. The monoisotopic (exact) mass is 276 g/mol. The van der Waals surface area contributed by atoms with Gasteiger partial charge in [-0.05, 0) is 25.0 Å². The minimum absolute atomic E-state index is 0.0256. The maximum Gasteiger partial charge on any atom is 0.124 e. The second-order valence-corrected chi connectivity index (χ2v) is 5.12. The Morgan fingerprint density at radius 3 is 2.70 bits per heavy atom. The van der Waals surface area contributed by atoms with Crippen LogP contribution in [0, 0.1) is 0 Å². The van der Waals surface area contributed by atoms with E-state index in [0.29, 0.717) is 6.61 Å². The second kappa shape index (κ2) is 8.08. The lowest BCUT2D eigenvalue weighted by molar-refractivity contribution is -0.119. The van der Waals surface area contributed by atoms with E-state index in [-0.39, 0.29) is 18.3 Å². The topological polar surface area (TPSA) is 27.7 Å². The molecular formula is C17H24O3. The molecule has 1 heterocycles. The summed E-state index contributed by atoms with van der Waals surface area (Å²) in [6.45, 7) is 5.54. The van der Waals surface area contributed by atoms with Gasteiger partial charge in [-0.15, -0.1) is 0 Å². The van der Waals surface area contributed by atoms with Crippen LogP contribution in [0.25, 0.3) is 0 Å². The normalized spacial score (nSPS) is 25.4. The van der Waals surface area contributed by atoms with Crippen LogP contribution in [0.4, 0.5) is 0 Å². The van der Waals surface area contributed by atoms with Gasteiger partial charge in [0.15, 0.2) is 0 Å². The molecule has 0 spiro atoms. The molecule has 3 atom stereocenters. The number of hydrogen-bond donors (Lipinski definition) is 0. The second-order valence-electron chi connectivity index (χ2n) is 5.12. The smallest absolute Gasteiger partial charge is 0.124 e. The predicted octanol–water partition coefficient (Wildman–Crippen LogP) is 3.69. The van der Waals surface area contributed by atoms with Gasteiger partial charge in [0, 0.05) is 6.61 Å². The van der Waals surface area contributed by atoms with Crippen molar-refractivity contribution >= 4 is 0 Å².